The normalized spacial score (nSPS) is 9.86. The fraction of sp³-hybridized carbons (Fsp3) is 0.364. The van der Waals surface area contributed by atoms with Gasteiger partial charge in [-0.3, -0.25) is 4.79 Å². The van der Waals surface area contributed by atoms with E-state index in [1.54, 1.807) is 12.1 Å². The van der Waals surface area contributed by atoms with Crippen molar-refractivity contribution < 1.29 is 9.53 Å². The first-order valence-corrected chi connectivity index (χ1v) is 4.68. The first-order chi connectivity index (χ1) is 6.65. The Balaban J connectivity index is 2.83. The molecule has 14 heavy (non-hydrogen) atoms. The lowest BCUT2D eigenvalue weighted by Gasteiger charge is -2.07. The molecule has 0 bridgehead atoms. The number of nitrogens with two attached hydrogens (primary N) is 1. The zero-order valence-corrected chi connectivity index (χ0v) is 8.54. The van der Waals surface area contributed by atoms with Crippen LogP contribution < -0.4 is 10.5 Å². The van der Waals surface area contributed by atoms with Crippen LogP contribution in [0, 0.1) is 6.92 Å². The third kappa shape index (κ3) is 2.49. The van der Waals surface area contributed by atoms with Gasteiger partial charge >= 0.3 is 0 Å². The van der Waals surface area contributed by atoms with Crippen LogP contribution in [0.25, 0.3) is 0 Å². The summed E-state index contributed by atoms with van der Waals surface area (Å²) < 4.78 is 5.42. The smallest absolute Gasteiger partial charge is 0.248 e. The van der Waals surface area contributed by atoms with E-state index in [-0.39, 0.29) is 0 Å². The molecule has 1 aromatic carbocycles. The molecule has 0 aliphatic heterocycles. The van der Waals surface area contributed by atoms with Gasteiger partial charge in [-0.05, 0) is 37.1 Å². The Morgan fingerprint density at radius 3 is 2.71 bits per heavy atom. The van der Waals surface area contributed by atoms with E-state index in [0.29, 0.717) is 12.2 Å². The maximum absolute atomic E-state index is 10.9. The molecule has 1 amide bonds. The predicted molar refractivity (Wildman–Crippen MR) is 55.5 cm³/mol. The van der Waals surface area contributed by atoms with Gasteiger partial charge in [-0.1, -0.05) is 6.92 Å². The van der Waals surface area contributed by atoms with E-state index in [2.05, 4.69) is 0 Å². The van der Waals surface area contributed by atoms with Crippen LogP contribution in [0.4, 0.5) is 0 Å². The highest BCUT2D eigenvalue weighted by Gasteiger charge is 2.05. The van der Waals surface area contributed by atoms with E-state index in [1.165, 1.54) is 0 Å². The van der Waals surface area contributed by atoms with Crippen molar-refractivity contribution >= 4 is 5.91 Å². The van der Waals surface area contributed by atoms with Gasteiger partial charge in [0, 0.05) is 5.56 Å². The van der Waals surface area contributed by atoms with Gasteiger partial charge in [0.15, 0.2) is 0 Å². The summed E-state index contributed by atoms with van der Waals surface area (Å²) in [4.78, 5) is 10.9. The van der Waals surface area contributed by atoms with Crippen molar-refractivity contribution in [2.24, 2.45) is 5.73 Å². The van der Waals surface area contributed by atoms with Gasteiger partial charge in [-0.2, -0.15) is 0 Å². The maximum atomic E-state index is 10.9. The lowest BCUT2D eigenvalue weighted by Crippen LogP contribution is -2.12. The zero-order valence-electron chi connectivity index (χ0n) is 8.54. The monoisotopic (exact) mass is 193 g/mol. The molecular weight excluding hydrogens is 178 g/mol. The summed E-state index contributed by atoms with van der Waals surface area (Å²) in [6.45, 7) is 4.58. The number of primary amides is 1. The summed E-state index contributed by atoms with van der Waals surface area (Å²) in [5, 5.41) is 0. The Morgan fingerprint density at radius 1 is 1.50 bits per heavy atom. The van der Waals surface area contributed by atoms with Gasteiger partial charge in [0.25, 0.3) is 0 Å². The summed E-state index contributed by atoms with van der Waals surface area (Å²) in [7, 11) is 0. The van der Waals surface area contributed by atoms with Gasteiger partial charge < -0.3 is 10.5 Å². The van der Waals surface area contributed by atoms with Crippen LogP contribution in [0.15, 0.2) is 18.2 Å². The number of hydrogen-bond acceptors (Lipinski definition) is 2. The minimum atomic E-state index is -0.399. The molecule has 0 fully saturated rings. The molecule has 0 saturated carbocycles. The van der Waals surface area contributed by atoms with Crippen LogP contribution in [0.1, 0.15) is 29.3 Å². The van der Waals surface area contributed by atoms with E-state index in [0.717, 1.165) is 17.7 Å². The number of rotatable bonds is 4. The Bertz CT molecular complexity index is 334. The van der Waals surface area contributed by atoms with E-state index in [1.807, 2.05) is 19.9 Å². The molecule has 0 aliphatic rings. The van der Waals surface area contributed by atoms with Crippen LogP contribution in [0.3, 0.4) is 0 Å². The number of amides is 1. The minimum absolute atomic E-state index is 0.399. The van der Waals surface area contributed by atoms with Crippen LogP contribution in [0.2, 0.25) is 0 Å². The molecule has 0 saturated heterocycles. The van der Waals surface area contributed by atoms with E-state index < -0.39 is 5.91 Å². The molecule has 1 aromatic rings. The Hall–Kier alpha value is -1.51. The Kier molecular flexibility index (Phi) is 3.51. The number of carbonyl (C=O) groups is 1. The van der Waals surface area contributed by atoms with Gasteiger partial charge in [-0.25, -0.2) is 0 Å². The molecule has 0 radical (unpaired) electrons. The van der Waals surface area contributed by atoms with Crippen molar-refractivity contribution in [1.82, 2.24) is 0 Å². The third-order valence-electron chi connectivity index (χ3n) is 1.94. The second kappa shape index (κ2) is 4.65. The van der Waals surface area contributed by atoms with Crippen LogP contribution in [-0.4, -0.2) is 12.5 Å². The number of ether oxygens (including phenoxy) is 1. The van der Waals surface area contributed by atoms with Crippen molar-refractivity contribution in [2.45, 2.75) is 20.3 Å². The summed E-state index contributed by atoms with van der Waals surface area (Å²) in [6.07, 6.45) is 0.969. The lowest BCUT2D eigenvalue weighted by atomic mass is 10.1. The van der Waals surface area contributed by atoms with Gasteiger partial charge in [-0.15, -0.1) is 0 Å². The first kappa shape index (κ1) is 10.6. The largest absolute Gasteiger partial charge is 0.494 e. The summed E-state index contributed by atoms with van der Waals surface area (Å²) >= 11 is 0. The van der Waals surface area contributed by atoms with E-state index in [4.69, 9.17) is 10.5 Å². The molecule has 3 nitrogen and oxygen atoms in total. The van der Waals surface area contributed by atoms with Gasteiger partial charge in [0.05, 0.1) is 6.61 Å². The zero-order chi connectivity index (χ0) is 10.6. The molecule has 3 heteroatoms. The van der Waals surface area contributed by atoms with Crippen molar-refractivity contribution in [3.05, 3.63) is 29.3 Å². The standard InChI is InChI=1S/C11H15NO2/c1-3-6-14-9-4-5-10(11(12)13)8(2)7-9/h4-5,7H,3,6H2,1-2H3,(H2,12,13). The lowest BCUT2D eigenvalue weighted by molar-refractivity contribution is 0.0999. The third-order valence-corrected chi connectivity index (χ3v) is 1.94. The van der Waals surface area contributed by atoms with Crippen LogP contribution in [0.5, 0.6) is 5.75 Å². The Labute approximate surface area is 83.9 Å². The fourth-order valence-corrected chi connectivity index (χ4v) is 1.22. The second-order valence-corrected chi connectivity index (χ2v) is 3.19. The minimum Gasteiger partial charge on any atom is -0.494 e. The SMILES string of the molecule is CCCOc1ccc(C(N)=O)c(C)c1. The average molecular weight is 193 g/mol. The van der Waals surface area contributed by atoms with Gasteiger partial charge in [0.1, 0.15) is 5.75 Å². The molecular formula is C11H15NO2. The van der Waals surface area contributed by atoms with Gasteiger partial charge in [0.2, 0.25) is 5.91 Å². The van der Waals surface area contributed by atoms with Crippen LogP contribution >= 0.6 is 0 Å². The molecule has 1 rings (SSSR count). The highest BCUT2D eigenvalue weighted by atomic mass is 16.5. The number of aryl methyl sites for hydroxylation is 1. The topological polar surface area (TPSA) is 52.3 Å². The maximum Gasteiger partial charge on any atom is 0.248 e. The summed E-state index contributed by atoms with van der Waals surface area (Å²) in [6, 6.07) is 5.29. The number of hydrogen-bond donors (Lipinski definition) is 1. The predicted octanol–water partition coefficient (Wildman–Crippen LogP) is 1.88. The quantitative estimate of drug-likeness (QED) is 0.793. The summed E-state index contributed by atoms with van der Waals surface area (Å²) in [5.74, 6) is 0.388. The molecule has 0 aromatic heterocycles. The van der Waals surface area contributed by atoms with E-state index >= 15 is 0 Å². The van der Waals surface area contributed by atoms with Crippen molar-refractivity contribution in [3.63, 3.8) is 0 Å². The highest BCUT2D eigenvalue weighted by molar-refractivity contribution is 5.94. The van der Waals surface area contributed by atoms with Crippen molar-refractivity contribution in [3.8, 4) is 5.75 Å². The molecule has 0 heterocycles. The number of benzene rings is 1. The summed E-state index contributed by atoms with van der Waals surface area (Å²) in [5.41, 5.74) is 6.59. The molecule has 0 spiro atoms. The average Bonchev–Trinajstić information content (AvgIpc) is 2.14. The molecule has 76 valence electrons. The molecule has 2 N–H and O–H groups in total. The molecule has 0 unspecified atom stereocenters. The van der Waals surface area contributed by atoms with E-state index in [9.17, 15) is 4.79 Å². The molecule has 0 aliphatic carbocycles. The van der Waals surface area contributed by atoms with Crippen molar-refractivity contribution in [2.75, 3.05) is 6.61 Å². The first-order valence-electron chi connectivity index (χ1n) is 4.68. The Morgan fingerprint density at radius 2 is 2.21 bits per heavy atom. The second-order valence-electron chi connectivity index (χ2n) is 3.19. The molecule has 0 atom stereocenters. The number of carbonyl (C=O) groups excluding carboxylic acids is 1. The van der Waals surface area contributed by atoms with Crippen LogP contribution in [-0.2, 0) is 0 Å². The van der Waals surface area contributed by atoms with Crippen molar-refractivity contribution in [1.29, 1.82) is 0 Å². The fourth-order valence-electron chi connectivity index (χ4n) is 1.22. The highest BCUT2D eigenvalue weighted by Crippen LogP contribution is 2.16.